The number of rotatable bonds is 4. The van der Waals surface area contributed by atoms with Crippen molar-refractivity contribution >= 4 is 11.8 Å². The first kappa shape index (κ1) is 12.7. The molecule has 0 aromatic carbocycles. The fourth-order valence-electron chi connectivity index (χ4n) is 2.90. The maximum atomic E-state index is 3.66. The second-order valence-corrected chi connectivity index (χ2v) is 6.85. The Morgan fingerprint density at radius 3 is 2.69 bits per heavy atom. The Balaban J connectivity index is 1.67. The average molecular weight is 242 g/mol. The fourth-order valence-corrected chi connectivity index (χ4v) is 4.10. The molecule has 2 aliphatic heterocycles. The first-order chi connectivity index (χ1) is 7.74. The van der Waals surface area contributed by atoms with Crippen molar-refractivity contribution in [2.24, 2.45) is 5.92 Å². The molecule has 2 nitrogen and oxygen atoms in total. The predicted molar refractivity (Wildman–Crippen MR) is 73.2 cm³/mol. The quantitative estimate of drug-likeness (QED) is 0.814. The van der Waals surface area contributed by atoms with E-state index in [9.17, 15) is 0 Å². The summed E-state index contributed by atoms with van der Waals surface area (Å²) in [6, 6.07) is 1.38. The van der Waals surface area contributed by atoms with Crippen LogP contribution in [0.2, 0.25) is 0 Å². The van der Waals surface area contributed by atoms with Gasteiger partial charge in [0.2, 0.25) is 0 Å². The molecule has 0 aromatic rings. The topological polar surface area (TPSA) is 15.3 Å². The Morgan fingerprint density at radius 2 is 2.00 bits per heavy atom. The summed E-state index contributed by atoms with van der Waals surface area (Å²) < 4.78 is 0. The molecule has 2 rings (SSSR count). The predicted octanol–water partition coefficient (Wildman–Crippen LogP) is 2.20. The molecule has 1 unspecified atom stereocenters. The minimum atomic E-state index is 0.635. The largest absolute Gasteiger partial charge is 0.310 e. The minimum Gasteiger partial charge on any atom is -0.310 e. The van der Waals surface area contributed by atoms with Gasteiger partial charge in [0.15, 0.2) is 0 Å². The molecule has 0 aliphatic carbocycles. The zero-order valence-corrected chi connectivity index (χ0v) is 11.6. The van der Waals surface area contributed by atoms with Gasteiger partial charge in [-0.3, -0.25) is 0 Å². The van der Waals surface area contributed by atoms with Gasteiger partial charge in [0, 0.05) is 25.2 Å². The van der Waals surface area contributed by atoms with Crippen molar-refractivity contribution in [3.63, 3.8) is 0 Å². The van der Waals surface area contributed by atoms with Gasteiger partial charge in [-0.2, -0.15) is 11.8 Å². The maximum Gasteiger partial charge on any atom is 0.0209 e. The second-order valence-electron chi connectivity index (χ2n) is 5.62. The van der Waals surface area contributed by atoms with E-state index >= 15 is 0 Å². The molecule has 0 bridgehead atoms. The molecule has 0 aromatic heterocycles. The Morgan fingerprint density at radius 1 is 1.25 bits per heavy atom. The number of nitrogens with zero attached hydrogens (tertiary/aromatic N) is 1. The molecule has 0 radical (unpaired) electrons. The zero-order valence-electron chi connectivity index (χ0n) is 10.7. The van der Waals surface area contributed by atoms with Crippen molar-refractivity contribution < 1.29 is 0 Å². The van der Waals surface area contributed by atoms with E-state index in [1.165, 1.54) is 50.4 Å². The molecule has 2 saturated heterocycles. The monoisotopic (exact) mass is 242 g/mol. The molecule has 2 fully saturated rings. The van der Waals surface area contributed by atoms with Crippen LogP contribution in [-0.2, 0) is 0 Å². The summed E-state index contributed by atoms with van der Waals surface area (Å²) in [5.74, 6) is 3.78. The van der Waals surface area contributed by atoms with Crippen LogP contribution in [0.1, 0.15) is 33.1 Å². The van der Waals surface area contributed by atoms with Gasteiger partial charge in [-0.15, -0.1) is 0 Å². The number of likely N-dealkylation sites (tertiary alicyclic amines) is 1. The van der Waals surface area contributed by atoms with Crippen LogP contribution in [0.4, 0.5) is 0 Å². The molecule has 0 saturated carbocycles. The van der Waals surface area contributed by atoms with Crippen LogP contribution in [-0.4, -0.2) is 48.1 Å². The third-order valence-electron chi connectivity index (χ3n) is 3.70. The maximum absolute atomic E-state index is 3.66. The minimum absolute atomic E-state index is 0.635. The van der Waals surface area contributed by atoms with Crippen LogP contribution in [0.25, 0.3) is 0 Å². The van der Waals surface area contributed by atoms with E-state index in [2.05, 4.69) is 35.8 Å². The van der Waals surface area contributed by atoms with Crippen molar-refractivity contribution in [2.75, 3.05) is 31.1 Å². The lowest BCUT2D eigenvalue weighted by Crippen LogP contribution is -2.38. The molecule has 1 atom stereocenters. The van der Waals surface area contributed by atoms with Crippen LogP contribution in [0.3, 0.4) is 0 Å². The highest BCUT2D eigenvalue weighted by molar-refractivity contribution is 7.99. The molecule has 94 valence electrons. The van der Waals surface area contributed by atoms with Gasteiger partial charge >= 0.3 is 0 Å². The van der Waals surface area contributed by atoms with Crippen molar-refractivity contribution in [3.05, 3.63) is 0 Å². The van der Waals surface area contributed by atoms with Gasteiger partial charge in [-0.25, -0.2) is 0 Å². The number of hydrogen-bond donors (Lipinski definition) is 1. The van der Waals surface area contributed by atoms with E-state index in [0.29, 0.717) is 6.04 Å². The van der Waals surface area contributed by atoms with Crippen molar-refractivity contribution in [1.82, 2.24) is 10.2 Å². The van der Waals surface area contributed by atoms with Gasteiger partial charge in [-0.1, -0.05) is 13.8 Å². The van der Waals surface area contributed by atoms with Crippen LogP contribution < -0.4 is 5.32 Å². The second kappa shape index (κ2) is 6.27. The summed E-state index contributed by atoms with van der Waals surface area (Å²) in [5, 5.41) is 3.66. The molecule has 2 aliphatic rings. The number of nitrogens with one attached hydrogen (secondary N) is 1. The number of thioether (sulfide) groups is 1. The SMILES string of the molecule is CC(C)NC1CCN(CC2CCSCC2)C1. The van der Waals surface area contributed by atoms with Crippen molar-refractivity contribution in [2.45, 2.75) is 45.2 Å². The summed E-state index contributed by atoms with van der Waals surface area (Å²) in [7, 11) is 0. The summed E-state index contributed by atoms with van der Waals surface area (Å²) >= 11 is 2.13. The summed E-state index contributed by atoms with van der Waals surface area (Å²) in [6.45, 7) is 8.45. The van der Waals surface area contributed by atoms with Crippen LogP contribution in [0.5, 0.6) is 0 Å². The highest BCUT2D eigenvalue weighted by Crippen LogP contribution is 2.24. The Bertz CT molecular complexity index is 202. The van der Waals surface area contributed by atoms with Gasteiger partial charge in [-0.05, 0) is 43.2 Å². The highest BCUT2D eigenvalue weighted by Gasteiger charge is 2.25. The third-order valence-corrected chi connectivity index (χ3v) is 4.75. The molecule has 1 N–H and O–H groups in total. The smallest absolute Gasteiger partial charge is 0.0209 e. The lowest BCUT2D eigenvalue weighted by atomic mass is 10.0. The van der Waals surface area contributed by atoms with E-state index in [1.54, 1.807) is 0 Å². The first-order valence-corrected chi connectivity index (χ1v) is 7.95. The van der Waals surface area contributed by atoms with Crippen LogP contribution in [0.15, 0.2) is 0 Å². The fraction of sp³-hybridized carbons (Fsp3) is 1.00. The van der Waals surface area contributed by atoms with Crippen molar-refractivity contribution in [1.29, 1.82) is 0 Å². The Labute approximate surface area is 105 Å². The molecule has 2 heterocycles. The van der Waals surface area contributed by atoms with E-state index in [4.69, 9.17) is 0 Å². The molecule has 0 amide bonds. The summed E-state index contributed by atoms with van der Waals surface area (Å²) in [5.41, 5.74) is 0. The van der Waals surface area contributed by atoms with E-state index in [0.717, 1.165) is 12.0 Å². The Hall–Kier alpha value is 0.270. The Kier molecular flexibility index (Phi) is 4.98. The molecular formula is C13H26N2S. The first-order valence-electron chi connectivity index (χ1n) is 6.80. The normalized spacial score (nSPS) is 29.1. The summed E-state index contributed by atoms with van der Waals surface area (Å²) in [6.07, 6.45) is 4.24. The van der Waals surface area contributed by atoms with E-state index in [-0.39, 0.29) is 0 Å². The lowest BCUT2D eigenvalue weighted by Gasteiger charge is -2.26. The lowest BCUT2D eigenvalue weighted by molar-refractivity contribution is 0.260. The van der Waals surface area contributed by atoms with E-state index in [1.807, 2.05) is 0 Å². The molecular weight excluding hydrogens is 216 g/mol. The van der Waals surface area contributed by atoms with Crippen molar-refractivity contribution in [3.8, 4) is 0 Å². The van der Waals surface area contributed by atoms with Gasteiger partial charge < -0.3 is 10.2 Å². The standard InChI is InChI=1S/C13H26N2S/c1-11(2)14-13-3-6-15(10-13)9-12-4-7-16-8-5-12/h11-14H,3-10H2,1-2H3. The van der Waals surface area contributed by atoms with Gasteiger partial charge in [0.1, 0.15) is 0 Å². The van der Waals surface area contributed by atoms with Gasteiger partial charge in [0.25, 0.3) is 0 Å². The van der Waals surface area contributed by atoms with Crippen LogP contribution in [0, 0.1) is 5.92 Å². The zero-order chi connectivity index (χ0) is 11.4. The third kappa shape index (κ3) is 3.94. The van der Waals surface area contributed by atoms with Crippen LogP contribution >= 0.6 is 11.8 Å². The van der Waals surface area contributed by atoms with E-state index < -0.39 is 0 Å². The average Bonchev–Trinajstić information content (AvgIpc) is 2.66. The highest BCUT2D eigenvalue weighted by atomic mass is 32.2. The molecule has 0 spiro atoms. The molecule has 16 heavy (non-hydrogen) atoms. The number of hydrogen-bond acceptors (Lipinski definition) is 3. The molecule has 3 heteroatoms. The summed E-state index contributed by atoms with van der Waals surface area (Å²) in [4.78, 5) is 2.68. The van der Waals surface area contributed by atoms with Gasteiger partial charge in [0.05, 0.1) is 0 Å².